The Labute approximate surface area is 113 Å². The van der Waals surface area contributed by atoms with E-state index < -0.39 is 0 Å². The number of hydrogen-bond donors (Lipinski definition) is 0. The van der Waals surface area contributed by atoms with Crippen LogP contribution in [0.5, 0.6) is 11.6 Å². The largest absolute Gasteiger partial charge is 0.437 e. The lowest BCUT2D eigenvalue weighted by atomic mass is 10.1. The molecule has 2 aromatic carbocycles. The van der Waals surface area contributed by atoms with E-state index >= 15 is 0 Å². The predicted molar refractivity (Wildman–Crippen MR) is 76.0 cm³/mol. The van der Waals surface area contributed by atoms with E-state index in [9.17, 15) is 0 Å². The molecule has 88 valence electrons. The first-order valence-corrected chi connectivity index (χ1v) is 6.40. The second kappa shape index (κ2) is 4.78. The minimum absolute atomic E-state index is 0.578. The average molecular weight is 300 g/mol. The van der Waals surface area contributed by atoms with Gasteiger partial charge >= 0.3 is 0 Å². The fourth-order valence-electron chi connectivity index (χ4n) is 1.84. The van der Waals surface area contributed by atoms with Crippen LogP contribution in [-0.2, 0) is 0 Å². The summed E-state index contributed by atoms with van der Waals surface area (Å²) < 4.78 is 6.71. The lowest BCUT2D eigenvalue weighted by Crippen LogP contribution is -1.89. The van der Waals surface area contributed by atoms with Gasteiger partial charge in [0.1, 0.15) is 5.75 Å². The van der Waals surface area contributed by atoms with E-state index in [1.54, 1.807) is 6.20 Å². The summed E-state index contributed by atoms with van der Waals surface area (Å²) >= 11 is 3.43. The molecule has 0 aliphatic rings. The Hall–Kier alpha value is -1.87. The van der Waals surface area contributed by atoms with Gasteiger partial charge < -0.3 is 4.74 Å². The Balaban J connectivity index is 2.08. The zero-order chi connectivity index (χ0) is 12.4. The third kappa shape index (κ3) is 2.09. The first-order valence-electron chi connectivity index (χ1n) is 5.61. The number of rotatable bonds is 2. The molecule has 3 heteroatoms. The molecule has 0 fully saturated rings. The van der Waals surface area contributed by atoms with Crippen LogP contribution in [0.4, 0.5) is 0 Å². The number of nitrogens with zero attached hydrogens (tertiary/aromatic N) is 1. The molecule has 0 spiro atoms. The molecule has 0 saturated carbocycles. The highest BCUT2D eigenvalue weighted by Gasteiger charge is 2.06. The standard InChI is InChI=1S/C15H10BrNO/c16-13-8-4-10-17-15(13)18-14-9-3-6-11-5-1-2-7-12(11)14/h1-10H. The van der Waals surface area contributed by atoms with Crippen molar-refractivity contribution >= 4 is 26.7 Å². The van der Waals surface area contributed by atoms with E-state index in [-0.39, 0.29) is 0 Å². The second-order valence-corrected chi connectivity index (χ2v) is 4.72. The van der Waals surface area contributed by atoms with Crippen molar-refractivity contribution in [2.24, 2.45) is 0 Å². The minimum Gasteiger partial charge on any atom is -0.437 e. The summed E-state index contributed by atoms with van der Waals surface area (Å²) in [4.78, 5) is 4.21. The molecule has 2 nitrogen and oxygen atoms in total. The number of benzene rings is 2. The fourth-order valence-corrected chi connectivity index (χ4v) is 2.17. The molecule has 0 amide bonds. The van der Waals surface area contributed by atoms with Crippen LogP contribution < -0.4 is 4.74 Å². The lowest BCUT2D eigenvalue weighted by Gasteiger charge is -2.08. The van der Waals surface area contributed by atoms with Crippen LogP contribution >= 0.6 is 15.9 Å². The molecule has 18 heavy (non-hydrogen) atoms. The topological polar surface area (TPSA) is 22.1 Å². The minimum atomic E-state index is 0.578. The van der Waals surface area contributed by atoms with Gasteiger partial charge in [-0.1, -0.05) is 36.4 Å². The molecule has 0 N–H and O–H groups in total. The van der Waals surface area contributed by atoms with Crippen LogP contribution in [0, 0.1) is 0 Å². The normalized spacial score (nSPS) is 10.5. The molecule has 1 heterocycles. The molecule has 0 radical (unpaired) electrons. The highest BCUT2D eigenvalue weighted by molar-refractivity contribution is 9.10. The quantitative estimate of drug-likeness (QED) is 0.679. The number of hydrogen-bond acceptors (Lipinski definition) is 2. The lowest BCUT2D eigenvalue weighted by molar-refractivity contribution is 0.465. The first-order chi connectivity index (χ1) is 8.84. The van der Waals surface area contributed by atoms with E-state index in [0.717, 1.165) is 21.0 Å². The summed E-state index contributed by atoms with van der Waals surface area (Å²) in [6.45, 7) is 0. The smallest absolute Gasteiger partial charge is 0.233 e. The second-order valence-electron chi connectivity index (χ2n) is 3.87. The van der Waals surface area contributed by atoms with E-state index in [0.29, 0.717) is 5.88 Å². The van der Waals surface area contributed by atoms with Crippen molar-refractivity contribution in [3.05, 3.63) is 65.3 Å². The van der Waals surface area contributed by atoms with E-state index in [2.05, 4.69) is 33.0 Å². The third-order valence-corrected chi connectivity index (χ3v) is 3.28. The molecule has 0 bridgehead atoms. The molecule has 0 atom stereocenters. The van der Waals surface area contributed by atoms with Crippen LogP contribution in [0.2, 0.25) is 0 Å². The van der Waals surface area contributed by atoms with Crippen molar-refractivity contribution < 1.29 is 4.74 Å². The molecule has 1 aromatic heterocycles. The molecular formula is C15H10BrNO. The zero-order valence-corrected chi connectivity index (χ0v) is 11.1. The summed E-state index contributed by atoms with van der Waals surface area (Å²) in [6, 6.07) is 17.9. The molecule has 3 aromatic rings. The summed E-state index contributed by atoms with van der Waals surface area (Å²) in [5, 5.41) is 2.24. The van der Waals surface area contributed by atoms with Crippen molar-refractivity contribution in [3.8, 4) is 11.6 Å². The van der Waals surface area contributed by atoms with Crippen LogP contribution in [0.1, 0.15) is 0 Å². The van der Waals surface area contributed by atoms with Gasteiger partial charge in [0.15, 0.2) is 0 Å². The van der Waals surface area contributed by atoms with Crippen molar-refractivity contribution in [2.75, 3.05) is 0 Å². The number of pyridine rings is 1. The van der Waals surface area contributed by atoms with Crippen LogP contribution in [0.15, 0.2) is 65.3 Å². The van der Waals surface area contributed by atoms with Gasteiger partial charge in [0.25, 0.3) is 0 Å². The molecular weight excluding hydrogens is 290 g/mol. The predicted octanol–water partition coefficient (Wildman–Crippen LogP) is 4.79. The third-order valence-electron chi connectivity index (χ3n) is 2.68. The maximum atomic E-state index is 5.86. The first kappa shape index (κ1) is 11.2. The van der Waals surface area contributed by atoms with Gasteiger partial charge in [-0.25, -0.2) is 4.98 Å². The Morgan fingerprint density at radius 1 is 0.889 bits per heavy atom. The van der Waals surface area contributed by atoms with Crippen LogP contribution in [-0.4, -0.2) is 4.98 Å². The number of aromatic nitrogens is 1. The average Bonchev–Trinajstić information content (AvgIpc) is 2.42. The van der Waals surface area contributed by atoms with Gasteiger partial charge in [0.05, 0.1) is 4.47 Å². The number of ether oxygens (including phenoxy) is 1. The SMILES string of the molecule is Brc1cccnc1Oc1cccc2ccccc12. The van der Waals surface area contributed by atoms with Gasteiger partial charge in [-0.2, -0.15) is 0 Å². The van der Waals surface area contributed by atoms with Gasteiger partial charge in [0.2, 0.25) is 5.88 Å². The Bertz CT molecular complexity index is 691. The highest BCUT2D eigenvalue weighted by atomic mass is 79.9. The molecule has 0 saturated heterocycles. The molecule has 3 rings (SSSR count). The Morgan fingerprint density at radius 2 is 1.72 bits per heavy atom. The van der Waals surface area contributed by atoms with Crippen molar-refractivity contribution in [3.63, 3.8) is 0 Å². The van der Waals surface area contributed by atoms with Crippen molar-refractivity contribution in [2.45, 2.75) is 0 Å². The monoisotopic (exact) mass is 299 g/mol. The summed E-state index contributed by atoms with van der Waals surface area (Å²) in [6.07, 6.45) is 1.71. The van der Waals surface area contributed by atoms with Crippen molar-refractivity contribution in [1.82, 2.24) is 4.98 Å². The molecule has 0 aliphatic heterocycles. The van der Waals surface area contributed by atoms with E-state index in [1.807, 2.05) is 42.5 Å². The number of halogens is 1. The highest BCUT2D eigenvalue weighted by Crippen LogP contribution is 2.31. The van der Waals surface area contributed by atoms with Gasteiger partial charge in [-0.3, -0.25) is 0 Å². The van der Waals surface area contributed by atoms with Crippen LogP contribution in [0.25, 0.3) is 10.8 Å². The molecule has 0 aliphatic carbocycles. The van der Waals surface area contributed by atoms with E-state index in [4.69, 9.17) is 4.74 Å². The summed E-state index contributed by atoms with van der Waals surface area (Å²) in [5.41, 5.74) is 0. The van der Waals surface area contributed by atoms with Gasteiger partial charge in [0, 0.05) is 11.6 Å². The maximum absolute atomic E-state index is 5.86. The summed E-state index contributed by atoms with van der Waals surface area (Å²) in [5.74, 6) is 1.39. The van der Waals surface area contributed by atoms with Crippen LogP contribution in [0.3, 0.4) is 0 Å². The van der Waals surface area contributed by atoms with Crippen molar-refractivity contribution in [1.29, 1.82) is 0 Å². The Morgan fingerprint density at radius 3 is 2.61 bits per heavy atom. The molecule has 0 unspecified atom stereocenters. The maximum Gasteiger partial charge on any atom is 0.233 e. The zero-order valence-electron chi connectivity index (χ0n) is 9.51. The fraction of sp³-hybridized carbons (Fsp3) is 0. The van der Waals surface area contributed by atoms with Gasteiger partial charge in [-0.05, 0) is 39.5 Å². The summed E-state index contributed by atoms with van der Waals surface area (Å²) in [7, 11) is 0. The van der Waals surface area contributed by atoms with E-state index in [1.165, 1.54) is 0 Å². The Kier molecular flexibility index (Phi) is 2.99. The number of fused-ring (bicyclic) bond motifs is 1. The van der Waals surface area contributed by atoms with Gasteiger partial charge in [-0.15, -0.1) is 0 Å².